The fraction of sp³-hybridized carbons (Fsp3) is 0.423. The second kappa shape index (κ2) is 8.75. The zero-order chi connectivity index (χ0) is 20.3. The highest BCUT2D eigenvalue weighted by Gasteiger charge is 2.28. The van der Waals surface area contributed by atoms with Crippen molar-refractivity contribution in [2.75, 3.05) is 39.4 Å². The highest BCUT2D eigenvalue weighted by Crippen LogP contribution is 2.38. The number of likely N-dealkylation sites (tertiary alicyclic amines) is 1. The molecule has 0 unspecified atom stereocenters. The monoisotopic (exact) mass is 401 g/mol. The molecule has 2 fully saturated rings. The van der Waals surface area contributed by atoms with Crippen molar-refractivity contribution >= 4 is 17.0 Å². The molecule has 0 atom stereocenters. The van der Waals surface area contributed by atoms with Crippen LogP contribution in [-0.4, -0.2) is 60.9 Å². The zero-order valence-corrected chi connectivity index (χ0v) is 17.9. The van der Waals surface area contributed by atoms with E-state index in [2.05, 4.69) is 71.3 Å². The van der Waals surface area contributed by atoms with Gasteiger partial charge in [0.1, 0.15) is 0 Å². The molecule has 2 saturated heterocycles. The molecule has 2 aromatic carbocycles. The first-order chi connectivity index (χ1) is 14.8. The van der Waals surface area contributed by atoms with Gasteiger partial charge in [0.15, 0.2) is 0 Å². The number of hydrogen-bond donors (Lipinski definition) is 0. The fourth-order valence-corrected chi connectivity index (χ4v) is 5.09. The van der Waals surface area contributed by atoms with Gasteiger partial charge in [0.25, 0.3) is 0 Å². The van der Waals surface area contributed by atoms with Crippen LogP contribution in [0.15, 0.2) is 65.3 Å². The Hall–Kier alpha value is -2.43. The summed E-state index contributed by atoms with van der Waals surface area (Å²) >= 11 is 0. The van der Waals surface area contributed by atoms with E-state index in [1.165, 1.54) is 41.0 Å². The molecule has 156 valence electrons. The summed E-state index contributed by atoms with van der Waals surface area (Å²) in [5.74, 6) is 0. The molecule has 2 aromatic rings. The van der Waals surface area contributed by atoms with Crippen LogP contribution >= 0.6 is 0 Å². The Morgan fingerprint density at radius 3 is 2.37 bits per heavy atom. The van der Waals surface area contributed by atoms with Crippen molar-refractivity contribution in [1.82, 2.24) is 9.80 Å². The number of hydrogen-bond acceptors (Lipinski definition) is 4. The molecule has 0 aliphatic carbocycles. The Bertz CT molecular complexity index is 936. The van der Waals surface area contributed by atoms with Crippen molar-refractivity contribution in [3.63, 3.8) is 0 Å². The number of morpholine rings is 1. The number of fused-ring (bicyclic) bond motifs is 1. The topological polar surface area (TPSA) is 28.1 Å². The Kier molecular flexibility index (Phi) is 5.69. The lowest BCUT2D eigenvalue weighted by Crippen LogP contribution is -2.48. The summed E-state index contributed by atoms with van der Waals surface area (Å²) in [6.07, 6.45) is 3.38. The third-order valence-corrected chi connectivity index (χ3v) is 6.87. The maximum Gasteiger partial charge on any atom is 0.0709 e. The summed E-state index contributed by atoms with van der Waals surface area (Å²) < 4.78 is 5.54. The van der Waals surface area contributed by atoms with E-state index in [-0.39, 0.29) is 0 Å². The van der Waals surface area contributed by atoms with Gasteiger partial charge < -0.3 is 9.64 Å². The molecule has 3 heterocycles. The maximum absolute atomic E-state index is 5.54. The van der Waals surface area contributed by atoms with Crippen LogP contribution in [0, 0.1) is 0 Å². The van der Waals surface area contributed by atoms with E-state index in [9.17, 15) is 0 Å². The smallest absolute Gasteiger partial charge is 0.0709 e. The number of benzene rings is 2. The number of aliphatic imine (C=N–C) groups is 1. The molecule has 4 nitrogen and oxygen atoms in total. The molecular formula is C26H31N3O. The Morgan fingerprint density at radius 2 is 1.60 bits per heavy atom. The highest BCUT2D eigenvalue weighted by molar-refractivity contribution is 6.10. The molecule has 0 radical (unpaired) electrons. The first kappa shape index (κ1) is 19.5. The van der Waals surface area contributed by atoms with Gasteiger partial charge in [-0.1, -0.05) is 48.5 Å². The van der Waals surface area contributed by atoms with E-state index in [1.54, 1.807) is 0 Å². The van der Waals surface area contributed by atoms with Crippen molar-refractivity contribution in [2.24, 2.45) is 4.99 Å². The second-order valence-electron chi connectivity index (χ2n) is 8.55. The number of nitrogens with zero attached hydrogens (tertiary/aromatic N) is 3. The average molecular weight is 402 g/mol. The normalized spacial score (nSPS) is 22.4. The van der Waals surface area contributed by atoms with Crippen LogP contribution < -0.4 is 0 Å². The lowest BCUT2D eigenvalue weighted by molar-refractivity contribution is 0.00348. The molecule has 0 bridgehead atoms. The maximum atomic E-state index is 5.54. The predicted octanol–water partition coefficient (Wildman–Crippen LogP) is 4.74. The van der Waals surface area contributed by atoms with Gasteiger partial charge in [-0.05, 0) is 37.0 Å². The van der Waals surface area contributed by atoms with Crippen molar-refractivity contribution in [3.05, 3.63) is 71.4 Å². The van der Waals surface area contributed by atoms with Gasteiger partial charge in [-0.3, -0.25) is 9.89 Å². The third-order valence-electron chi connectivity index (χ3n) is 6.87. The molecule has 3 aliphatic rings. The average Bonchev–Trinajstić information content (AvgIpc) is 2.84. The first-order valence-corrected chi connectivity index (χ1v) is 11.3. The minimum absolute atomic E-state index is 0.711. The zero-order valence-electron chi connectivity index (χ0n) is 17.9. The minimum atomic E-state index is 0.711. The van der Waals surface area contributed by atoms with Crippen LogP contribution in [0.5, 0.6) is 0 Å². The molecule has 0 saturated carbocycles. The van der Waals surface area contributed by atoms with E-state index in [0.29, 0.717) is 6.04 Å². The van der Waals surface area contributed by atoms with Gasteiger partial charge in [0, 0.05) is 49.9 Å². The molecule has 0 spiro atoms. The molecular weight excluding hydrogens is 370 g/mol. The Labute approximate surface area is 179 Å². The van der Waals surface area contributed by atoms with E-state index in [0.717, 1.165) is 51.5 Å². The van der Waals surface area contributed by atoms with Gasteiger partial charge >= 0.3 is 0 Å². The molecule has 4 heteroatoms. The molecule has 30 heavy (non-hydrogen) atoms. The summed E-state index contributed by atoms with van der Waals surface area (Å²) in [5.41, 5.74) is 7.65. The van der Waals surface area contributed by atoms with Crippen LogP contribution in [-0.2, 0) is 4.74 Å². The summed E-state index contributed by atoms with van der Waals surface area (Å²) in [5, 5.41) is 0. The molecule has 0 aromatic heterocycles. The summed E-state index contributed by atoms with van der Waals surface area (Å²) in [7, 11) is 0. The van der Waals surface area contributed by atoms with E-state index < -0.39 is 0 Å². The van der Waals surface area contributed by atoms with Gasteiger partial charge in [0.05, 0.1) is 24.6 Å². The van der Waals surface area contributed by atoms with Crippen molar-refractivity contribution in [2.45, 2.75) is 32.2 Å². The van der Waals surface area contributed by atoms with Crippen molar-refractivity contribution < 1.29 is 4.74 Å². The number of para-hydroxylation sites is 1. The van der Waals surface area contributed by atoms with Crippen molar-refractivity contribution in [3.8, 4) is 0 Å². The number of ether oxygens (including phenoxy) is 1. The van der Waals surface area contributed by atoms with Crippen LogP contribution in [0.4, 0.5) is 5.69 Å². The summed E-state index contributed by atoms with van der Waals surface area (Å²) in [4.78, 5) is 10.3. The molecule has 0 N–H and O–H groups in total. The van der Waals surface area contributed by atoms with E-state index in [1.807, 2.05) is 0 Å². The van der Waals surface area contributed by atoms with Crippen molar-refractivity contribution in [1.29, 1.82) is 0 Å². The quantitative estimate of drug-likeness (QED) is 0.744. The fourth-order valence-electron chi connectivity index (χ4n) is 5.09. The number of rotatable bonds is 3. The van der Waals surface area contributed by atoms with Crippen LogP contribution in [0.3, 0.4) is 0 Å². The number of piperidine rings is 1. The van der Waals surface area contributed by atoms with Crippen LogP contribution in [0.25, 0.3) is 5.57 Å². The lowest BCUT2D eigenvalue weighted by atomic mass is 9.90. The lowest BCUT2D eigenvalue weighted by Gasteiger charge is -2.41. The van der Waals surface area contributed by atoms with E-state index >= 15 is 0 Å². The largest absolute Gasteiger partial charge is 0.379 e. The predicted molar refractivity (Wildman–Crippen MR) is 123 cm³/mol. The molecule has 3 aliphatic heterocycles. The number of allylic oxidation sites excluding steroid dienone is 2. The Balaban J connectivity index is 1.39. The first-order valence-electron chi connectivity index (χ1n) is 11.3. The van der Waals surface area contributed by atoms with Gasteiger partial charge in [-0.2, -0.15) is 0 Å². The van der Waals surface area contributed by atoms with Gasteiger partial charge in [0.2, 0.25) is 0 Å². The van der Waals surface area contributed by atoms with Crippen LogP contribution in [0.1, 0.15) is 37.3 Å². The SMILES string of the molecule is CC(=C1CC(c2ccccc2)=Nc2ccccc21)N1CCC(N2CCOCC2)CC1. The summed E-state index contributed by atoms with van der Waals surface area (Å²) in [6.45, 7) is 8.55. The van der Waals surface area contributed by atoms with E-state index in [4.69, 9.17) is 9.73 Å². The summed E-state index contributed by atoms with van der Waals surface area (Å²) in [6, 6.07) is 20.0. The second-order valence-corrected chi connectivity index (χ2v) is 8.55. The minimum Gasteiger partial charge on any atom is -0.379 e. The Morgan fingerprint density at radius 1 is 0.900 bits per heavy atom. The van der Waals surface area contributed by atoms with Gasteiger partial charge in [-0.25, -0.2) is 0 Å². The van der Waals surface area contributed by atoms with Gasteiger partial charge in [-0.15, -0.1) is 0 Å². The highest BCUT2D eigenvalue weighted by atomic mass is 16.5. The standard InChI is InChI=1S/C26H31N3O/c1-20(28-13-11-22(12-14-28)29-15-17-30-18-16-29)24-19-26(21-7-3-2-4-8-21)27-25-10-6-5-9-23(24)25/h2-10,22H,11-19H2,1H3. The van der Waals surface area contributed by atoms with Crippen LogP contribution in [0.2, 0.25) is 0 Å². The molecule has 0 amide bonds. The molecule has 5 rings (SSSR count). The third kappa shape index (κ3) is 3.94.